The summed E-state index contributed by atoms with van der Waals surface area (Å²) in [5, 5.41) is 11.2. The summed E-state index contributed by atoms with van der Waals surface area (Å²) in [6, 6.07) is 3.16. The molecule has 0 heterocycles. The van der Waals surface area contributed by atoms with Crippen molar-refractivity contribution in [1.82, 2.24) is 0 Å². The van der Waals surface area contributed by atoms with Crippen molar-refractivity contribution < 1.29 is 14.5 Å². The first-order chi connectivity index (χ1) is 9.31. The van der Waals surface area contributed by atoms with Gasteiger partial charge in [-0.1, -0.05) is 34.1 Å². The highest BCUT2D eigenvalue weighted by Gasteiger charge is 2.25. The van der Waals surface area contributed by atoms with Crippen LogP contribution < -0.4 is 4.74 Å². The highest BCUT2D eigenvalue weighted by atomic mass is 16.6. The van der Waals surface area contributed by atoms with Crippen molar-refractivity contribution in [1.29, 1.82) is 0 Å². The number of hydrogen-bond acceptors (Lipinski definition) is 4. The Balaban J connectivity index is 3.33. The number of nitro benzene ring substituents is 1. The fraction of sp³-hybridized carbons (Fsp3) is 0.533. The van der Waals surface area contributed by atoms with Gasteiger partial charge in [0, 0.05) is 6.07 Å². The van der Waals surface area contributed by atoms with Gasteiger partial charge < -0.3 is 4.74 Å². The number of aldehydes is 1. The van der Waals surface area contributed by atoms with E-state index in [9.17, 15) is 14.9 Å². The van der Waals surface area contributed by atoms with Crippen molar-refractivity contribution in [3.63, 3.8) is 0 Å². The second-order valence-corrected chi connectivity index (χ2v) is 5.74. The van der Waals surface area contributed by atoms with Gasteiger partial charge in [0.15, 0.2) is 6.29 Å². The zero-order chi connectivity index (χ0) is 15.3. The van der Waals surface area contributed by atoms with Gasteiger partial charge in [0.25, 0.3) is 0 Å². The number of hydrogen-bond donors (Lipinski definition) is 0. The maximum Gasteiger partial charge on any atom is 0.311 e. The summed E-state index contributed by atoms with van der Waals surface area (Å²) in [6.45, 7) is 8.20. The lowest BCUT2D eigenvalue weighted by atomic mass is 9.85. The normalized spacial score (nSPS) is 11.2. The third kappa shape index (κ3) is 3.79. The fourth-order valence-electron chi connectivity index (χ4n) is 1.77. The molecule has 0 aliphatic carbocycles. The van der Waals surface area contributed by atoms with Gasteiger partial charge in [0.2, 0.25) is 5.75 Å². The smallest absolute Gasteiger partial charge is 0.311 e. The molecule has 0 fully saturated rings. The number of carbonyl (C=O) groups excluding carboxylic acids is 1. The Kier molecular flexibility index (Phi) is 5.25. The second kappa shape index (κ2) is 6.50. The molecule has 110 valence electrons. The van der Waals surface area contributed by atoms with Crippen molar-refractivity contribution in [3.8, 4) is 5.75 Å². The molecule has 5 nitrogen and oxygen atoms in total. The first kappa shape index (κ1) is 16.1. The molecule has 0 N–H and O–H groups in total. The predicted molar refractivity (Wildman–Crippen MR) is 77.6 cm³/mol. The molecule has 0 aliphatic heterocycles. The van der Waals surface area contributed by atoms with Gasteiger partial charge in [0.1, 0.15) is 0 Å². The summed E-state index contributed by atoms with van der Waals surface area (Å²) in [5.41, 5.74) is 0.565. The average molecular weight is 279 g/mol. The number of rotatable bonds is 6. The van der Waals surface area contributed by atoms with Crippen LogP contribution in [0.15, 0.2) is 12.1 Å². The molecule has 0 saturated carbocycles. The SMILES string of the molecule is CCCCOc1c(C=O)cc(C(C)(C)C)cc1[N+](=O)[O-]. The molecule has 20 heavy (non-hydrogen) atoms. The van der Waals surface area contributed by atoms with E-state index >= 15 is 0 Å². The summed E-state index contributed by atoms with van der Waals surface area (Å²) in [6.07, 6.45) is 2.32. The first-order valence-electron chi connectivity index (χ1n) is 6.72. The van der Waals surface area contributed by atoms with E-state index in [1.54, 1.807) is 6.07 Å². The predicted octanol–water partition coefficient (Wildman–Crippen LogP) is 3.88. The van der Waals surface area contributed by atoms with Gasteiger partial charge in [-0.05, 0) is 23.5 Å². The molecule has 0 unspecified atom stereocenters. The average Bonchev–Trinajstić information content (AvgIpc) is 2.37. The zero-order valence-corrected chi connectivity index (χ0v) is 12.4. The van der Waals surface area contributed by atoms with Gasteiger partial charge in [-0.15, -0.1) is 0 Å². The molecule has 0 atom stereocenters. The molecule has 0 radical (unpaired) electrons. The zero-order valence-electron chi connectivity index (χ0n) is 12.4. The van der Waals surface area contributed by atoms with Crippen LogP contribution in [0, 0.1) is 10.1 Å². The lowest BCUT2D eigenvalue weighted by Gasteiger charge is -2.20. The largest absolute Gasteiger partial charge is 0.486 e. The van der Waals surface area contributed by atoms with E-state index in [-0.39, 0.29) is 22.4 Å². The van der Waals surface area contributed by atoms with Crippen LogP contribution >= 0.6 is 0 Å². The highest BCUT2D eigenvalue weighted by Crippen LogP contribution is 2.36. The molecule has 0 aromatic heterocycles. The maximum absolute atomic E-state index is 11.2. The highest BCUT2D eigenvalue weighted by molar-refractivity contribution is 5.83. The minimum absolute atomic E-state index is 0.0754. The van der Waals surface area contributed by atoms with Crippen LogP contribution in [0.25, 0.3) is 0 Å². The Morgan fingerprint density at radius 1 is 1.35 bits per heavy atom. The van der Waals surface area contributed by atoms with Crippen LogP contribution in [0.5, 0.6) is 5.75 Å². The lowest BCUT2D eigenvalue weighted by Crippen LogP contribution is -2.13. The van der Waals surface area contributed by atoms with Crippen LogP contribution in [-0.4, -0.2) is 17.8 Å². The summed E-state index contributed by atoms with van der Waals surface area (Å²) in [5.74, 6) is 0.0754. The molecule has 1 aromatic rings. The van der Waals surface area contributed by atoms with E-state index in [2.05, 4.69) is 0 Å². The number of nitro groups is 1. The van der Waals surface area contributed by atoms with Crippen LogP contribution in [-0.2, 0) is 5.41 Å². The van der Waals surface area contributed by atoms with Crippen molar-refractivity contribution in [2.45, 2.75) is 46.0 Å². The van der Waals surface area contributed by atoms with Crippen LogP contribution in [0.4, 0.5) is 5.69 Å². The van der Waals surface area contributed by atoms with Crippen molar-refractivity contribution in [2.24, 2.45) is 0 Å². The molecule has 0 aliphatic rings. The van der Waals surface area contributed by atoms with Crippen molar-refractivity contribution in [2.75, 3.05) is 6.61 Å². The van der Waals surface area contributed by atoms with Crippen LogP contribution in [0.2, 0.25) is 0 Å². The Morgan fingerprint density at radius 2 is 2.00 bits per heavy atom. The van der Waals surface area contributed by atoms with E-state index in [0.717, 1.165) is 18.4 Å². The molecule has 1 aromatic carbocycles. The molecular formula is C15H21NO4. The van der Waals surface area contributed by atoms with Gasteiger partial charge in [0.05, 0.1) is 17.1 Å². The van der Waals surface area contributed by atoms with E-state index < -0.39 is 4.92 Å². The number of unbranched alkanes of at least 4 members (excludes halogenated alkanes) is 1. The first-order valence-corrected chi connectivity index (χ1v) is 6.72. The summed E-state index contributed by atoms with van der Waals surface area (Å²) in [7, 11) is 0. The number of carbonyl (C=O) groups is 1. The Morgan fingerprint density at radius 3 is 2.45 bits per heavy atom. The molecule has 0 amide bonds. The van der Waals surface area contributed by atoms with Gasteiger partial charge in [-0.2, -0.15) is 0 Å². The summed E-state index contributed by atoms with van der Waals surface area (Å²) < 4.78 is 5.46. The van der Waals surface area contributed by atoms with Crippen molar-refractivity contribution >= 4 is 12.0 Å². The Labute approximate surface area is 119 Å². The summed E-state index contributed by atoms with van der Waals surface area (Å²) >= 11 is 0. The second-order valence-electron chi connectivity index (χ2n) is 5.74. The summed E-state index contributed by atoms with van der Waals surface area (Å²) in [4.78, 5) is 21.9. The third-order valence-corrected chi connectivity index (χ3v) is 3.03. The van der Waals surface area contributed by atoms with E-state index in [4.69, 9.17) is 4.74 Å². The van der Waals surface area contributed by atoms with Crippen LogP contribution in [0.3, 0.4) is 0 Å². The quantitative estimate of drug-likeness (QED) is 0.343. The fourth-order valence-corrected chi connectivity index (χ4v) is 1.77. The van der Waals surface area contributed by atoms with E-state index in [1.807, 2.05) is 27.7 Å². The standard InChI is InChI=1S/C15H21NO4/c1-5-6-7-20-14-11(10-17)8-12(15(2,3)4)9-13(14)16(18)19/h8-10H,5-7H2,1-4H3. The minimum atomic E-state index is -0.497. The number of nitrogens with zero attached hydrogens (tertiary/aromatic N) is 1. The monoisotopic (exact) mass is 279 g/mol. The van der Waals surface area contributed by atoms with E-state index in [0.29, 0.717) is 12.9 Å². The number of ether oxygens (including phenoxy) is 1. The number of benzene rings is 1. The molecule has 0 bridgehead atoms. The van der Waals surface area contributed by atoms with Crippen molar-refractivity contribution in [3.05, 3.63) is 33.4 Å². The molecule has 1 rings (SSSR count). The van der Waals surface area contributed by atoms with Gasteiger partial charge >= 0.3 is 5.69 Å². The molecule has 0 saturated heterocycles. The minimum Gasteiger partial charge on any atom is -0.486 e. The van der Waals surface area contributed by atoms with Crippen LogP contribution in [0.1, 0.15) is 56.5 Å². The molecule has 0 spiro atoms. The topological polar surface area (TPSA) is 69.4 Å². The Hall–Kier alpha value is -1.91. The van der Waals surface area contributed by atoms with Gasteiger partial charge in [-0.25, -0.2) is 0 Å². The lowest BCUT2D eigenvalue weighted by molar-refractivity contribution is -0.386. The van der Waals surface area contributed by atoms with E-state index in [1.165, 1.54) is 6.07 Å². The third-order valence-electron chi connectivity index (χ3n) is 3.03. The Bertz CT molecular complexity index is 503. The maximum atomic E-state index is 11.2. The molecule has 5 heteroatoms. The van der Waals surface area contributed by atoms with Gasteiger partial charge in [-0.3, -0.25) is 14.9 Å². The molecular weight excluding hydrogens is 258 g/mol.